The number of carbonyl (C=O) groups is 1. The van der Waals surface area contributed by atoms with Crippen LogP contribution in [0.3, 0.4) is 0 Å². The van der Waals surface area contributed by atoms with Crippen LogP contribution in [0.25, 0.3) is 4.96 Å². The predicted molar refractivity (Wildman–Crippen MR) is 139 cm³/mol. The maximum atomic E-state index is 13.0. The van der Waals surface area contributed by atoms with Gasteiger partial charge < -0.3 is 4.90 Å². The van der Waals surface area contributed by atoms with E-state index >= 15 is 0 Å². The van der Waals surface area contributed by atoms with E-state index in [1.807, 2.05) is 38.8 Å². The van der Waals surface area contributed by atoms with Crippen molar-refractivity contribution in [2.45, 2.75) is 45.2 Å². The second kappa shape index (κ2) is 10.3. The maximum absolute atomic E-state index is 13.0. The van der Waals surface area contributed by atoms with Crippen molar-refractivity contribution in [1.82, 2.24) is 29.0 Å². The first-order chi connectivity index (χ1) is 17.0. The summed E-state index contributed by atoms with van der Waals surface area (Å²) in [6.45, 7) is 4.60. The van der Waals surface area contributed by atoms with Gasteiger partial charge in [0.25, 0.3) is 0 Å². The van der Waals surface area contributed by atoms with Crippen molar-refractivity contribution in [1.29, 1.82) is 0 Å². The van der Waals surface area contributed by atoms with Crippen molar-refractivity contribution in [3.63, 3.8) is 0 Å². The van der Waals surface area contributed by atoms with Crippen molar-refractivity contribution in [2.24, 2.45) is 13.0 Å². The molecule has 1 saturated heterocycles. The molecule has 1 atom stereocenters. The number of hydrogen-bond donors (Lipinski definition) is 0. The quantitative estimate of drug-likeness (QED) is 0.375. The molecule has 0 saturated carbocycles. The number of fused-ring (bicyclic) bond motifs is 1. The molecular formula is C27H34N6OS. The van der Waals surface area contributed by atoms with Gasteiger partial charge in [-0.25, -0.2) is 4.98 Å². The molecule has 5 rings (SSSR count). The average molecular weight is 491 g/mol. The van der Waals surface area contributed by atoms with E-state index in [4.69, 9.17) is 0 Å². The Labute approximate surface area is 211 Å². The number of amides is 1. The topological polar surface area (TPSA) is 58.7 Å². The highest BCUT2D eigenvalue weighted by molar-refractivity contribution is 7.15. The van der Waals surface area contributed by atoms with Gasteiger partial charge in [0.2, 0.25) is 5.91 Å². The van der Waals surface area contributed by atoms with Crippen LogP contribution < -0.4 is 0 Å². The van der Waals surface area contributed by atoms with E-state index in [2.05, 4.69) is 65.5 Å². The van der Waals surface area contributed by atoms with Gasteiger partial charge in [0.1, 0.15) is 0 Å². The summed E-state index contributed by atoms with van der Waals surface area (Å²) in [5.74, 6) is 0.729. The van der Waals surface area contributed by atoms with Gasteiger partial charge in [0, 0.05) is 62.3 Å². The highest BCUT2D eigenvalue weighted by Gasteiger charge is 2.31. The minimum Gasteiger partial charge on any atom is -0.342 e. The number of aromatic nitrogens is 4. The standard InChI is InChI=1S/C27H34N6OS/c1-20-23(18-31(3)29-20)17-30(2)25(15-21-7-5-4-6-8-21)22-9-11-32(12-10-22)26(34)16-24-19-33-13-14-35-27(33)28-24/h4-8,13-14,18-19,22,25H,9-12,15-17H2,1-3H3. The number of likely N-dealkylation sites (N-methyl/N-ethyl adjacent to an activating group) is 1. The Balaban J connectivity index is 1.24. The molecule has 184 valence electrons. The van der Waals surface area contributed by atoms with Crippen LogP contribution >= 0.6 is 11.3 Å². The molecule has 4 heterocycles. The molecule has 7 nitrogen and oxygen atoms in total. The van der Waals surface area contributed by atoms with Gasteiger partial charge in [-0.3, -0.25) is 18.8 Å². The first-order valence-corrected chi connectivity index (χ1v) is 13.3. The Morgan fingerprint density at radius 1 is 1.20 bits per heavy atom. The van der Waals surface area contributed by atoms with E-state index in [1.54, 1.807) is 11.3 Å². The van der Waals surface area contributed by atoms with Gasteiger partial charge in [0.15, 0.2) is 4.96 Å². The smallest absolute Gasteiger partial charge is 0.228 e. The van der Waals surface area contributed by atoms with Gasteiger partial charge in [-0.15, -0.1) is 11.3 Å². The molecule has 0 aliphatic carbocycles. The van der Waals surface area contributed by atoms with E-state index in [0.717, 1.165) is 55.2 Å². The summed E-state index contributed by atoms with van der Waals surface area (Å²) in [6, 6.07) is 11.2. The van der Waals surface area contributed by atoms with E-state index in [1.165, 1.54) is 11.1 Å². The zero-order chi connectivity index (χ0) is 24.4. The van der Waals surface area contributed by atoms with Crippen molar-refractivity contribution in [3.05, 3.63) is 76.8 Å². The molecule has 1 unspecified atom stereocenters. The number of benzene rings is 1. The molecular weight excluding hydrogens is 456 g/mol. The van der Waals surface area contributed by atoms with Gasteiger partial charge in [-0.05, 0) is 44.7 Å². The molecule has 0 N–H and O–H groups in total. The lowest BCUT2D eigenvalue weighted by molar-refractivity contribution is -0.132. The molecule has 8 heteroatoms. The van der Waals surface area contributed by atoms with Crippen LogP contribution in [0.4, 0.5) is 0 Å². The van der Waals surface area contributed by atoms with Gasteiger partial charge in [-0.2, -0.15) is 5.10 Å². The number of nitrogens with zero attached hydrogens (tertiary/aromatic N) is 6. The molecule has 0 bridgehead atoms. The second-order valence-electron chi connectivity index (χ2n) is 9.81. The molecule has 3 aromatic heterocycles. The lowest BCUT2D eigenvalue weighted by Gasteiger charge is -2.40. The number of piperidine rings is 1. The summed E-state index contributed by atoms with van der Waals surface area (Å²) >= 11 is 1.60. The largest absolute Gasteiger partial charge is 0.342 e. The molecule has 0 radical (unpaired) electrons. The normalized spacial score (nSPS) is 15.8. The summed E-state index contributed by atoms with van der Waals surface area (Å²) in [4.78, 5) is 23.1. The fourth-order valence-electron chi connectivity index (χ4n) is 5.39. The van der Waals surface area contributed by atoms with Gasteiger partial charge >= 0.3 is 0 Å². The molecule has 4 aromatic rings. The molecule has 1 aliphatic rings. The second-order valence-corrected chi connectivity index (χ2v) is 10.7. The number of carbonyl (C=O) groups excluding carboxylic acids is 1. The van der Waals surface area contributed by atoms with Crippen LogP contribution in [-0.4, -0.2) is 61.1 Å². The van der Waals surface area contributed by atoms with E-state index in [0.29, 0.717) is 18.4 Å². The Morgan fingerprint density at radius 3 is 2.66 bits per heavy atom. The maximum Gasteiger partial charge on any atom is 0.228 e. The fraction of sp³-hybridized carbons (Fsp3) is 0.444. The third-order valence-corrected chi connectivity index (χ3v) is 8.07. The molecule has 1 aromatic carbocycles. The van der Waals surface area contributed by atoms with Crippen molar-refractivity contribution < 1.29 is 4.79 Å². The highest BCUT2D eigenvalue weighted by atomic mass is 32.1. The van der Waals surface area contributed by atoms with Crippen molar-refractivity contribution in [2.75, 3.05) is 20.1 Å². The van der Waals surface area contributed by atoms with Crippen LogP contribution in [0.15, 0.2) is 54.3 Å². The molecule has 1 aliphatic heterocycles. The number of thiazole rings is 1. The lowest BCUT2D eigenvalue weighted by atomic mass is 9.84. The first-order valence-electron chi connectivity index (χ1n) is 12.4. The SMILES string of the molecule is Cc1nn(C)cc1CN(C)C(Cc1ccccc1)C1CCN(C(=O)Cc2cn3ccsc3n2)CC1. The van der Waals surface area contributed by atoms with E-state index < -0.39 is 0 Å². The Hall–Kier alpha value is -2.97. The Kier molecular flexibility index (Phi) is 7.02. The van der Waals surface area contributed by atoms with Gasteiger partial charge in [-0.1, -0.05) is 30.3 Å². The summed E-state index contributed by atoms with van der Waals surface area (Å²) < 4.78 is 3.89. The molecule has 1 amide bonds. The van der Waals surface area contributed by atoms with Crippen LogP contribution in [0, 0.1) is 12.8 Å². The first kappa shape index (κ1) is 23.8. The number of hydrogen-bond acceptors (Lipinski definition) is 5. The van der Waals surface area contributed by atoms with Crippen molar-refractivity contribution >= 4 is 22.2 Å². The Bertz CT molecular complexity index is 1240. The average Bonchev–Trinajstić information content (AvgIpc) is 3.53. The molecule has 35 heavy (non-hydrogen) atoms. The summed E-state index contributed by atoms with van der Waals surface area (Å²) in [7, 11) is 4.22. The Morgan fingerprint density at radius 2 is 1.97 bits per heavy atom. The van der Waals surface area contributed by atoms with E-state index in [-0.39, 0.29) is 5.91 Å². The van der Waals surface area contributed by atoms with Crippen molar-refractivity contribution in [3.8, 4) is 0 Å². The predicted octanol–water partition coefficient (Wildman–Crippen LogP) is 3.96. The number of imidazole rings is 1. The lowest BCUT2D eigenvalue weighted by Crippen LogP contribution is -2.46. The highest BCUT2D eigenvalue weighted by Crippen LogP contribution is 2.28. The minimum absolute atomic E-state index is 0.188. The third-order valence-electron chi connectivity index (χ3n) is 7.30. The zero-order valence-electron chi connectivity index (χ0n) is 20.8. The summed E-state index contributed by atoms with van der Waals surface area (Å²) in [5, 5.41) is 6.55. The molecule has 1 fully saturated rings. The van der Waals surface area contributed by atoms with Gasteiger partial charge in [0.05, 0.1) is 17.8 Å². The molecule has 0 spiro atoms. The third kappa shape index (κ3) is 5.49. The monoisotopic (exact) mass is 490 g/mol. The van der Waals surface area contributed by atoms with Crippen LogP contribution in [0.1, 0.15) is 35.4 Å². The number of aryl methyl sites for hydroxylation is 2. The zero-order valence-corrected chi connectivity index (χ0v) is 21.6. The van der Waals surface area contributed by atoms with E-state index in [9.17, 15) is 4.79 Å². The summed E-state index contributed by atoms with van der Waals surface area (Å²) in [6.07, 6.45) is 9.54. The van der Waals surface area contributed by atoms with Crippen LogP contribution in [-0.2, 0) is 31.2 Å². The van der Waals surface area contributed by atoms with Crippen LogP contribution in [0.5, 0.6) is 0 Å². The fourth-order valence-corrected chi connectivity index (χ4v) is 6.11. The minimum atomic E-state index is 0.188. The van der Waals surface area contributed by atoms with Crippen LogP contribution in [0.2, 0.25) is 0 Å². The number of rotatable bonds is 8. The summed E-state index contributed by atoms with van der Waals surface area (Å²) in [5.41, 5.74) is 4.60. The number of likely N-dealkylation sites (tertiary alicyclic amines) is 1.